The van der Waals surface area contributed by atoms with E-state index >= 15 is 0 Å². The normalized spacial score (nSPS) is 15.0. The molecule has 3 rings (SSSR count). The fourth-order valence-corrected chi connectivity index (χ4v) is 4.72. The first kappa shape index (κ1) is 21.8. The fraction of sp³-hybridized carbons (Fsp3) is 0.263. The molecule has 1 saturated heterocycles. The molecule has 0 aliphatic carbocycles. The van der Waals surface area contributed by atoms with Gasteiger partial charge >= 0.3 is 0 Å². The fourth-order valence-electron chi connectivity index (χ4n) is 2.72. The molecule has 1 aliphatic rings. The van der Waals surface area contributed by atoms with Gasteiger partial charge in [-0.25, -0.2) is 8.42 Å². The Bertz CT molecular complexity index is 1020. The van der Waals surface area contributed by atoms with E-state index in [0.29, 0.717) is 37.6 Å². The van der Waals surface area contributed by atoms with Crippen molar-refractivity contribution in [2.75, 3.05) is 31.6 Å². The van der Waals surface area contributed by atoms with E-state index in [1.165, 1.54) is 16.4 Å². The minimum atomic E-state index is -3.55. The van der Waals surface area contributed by atoms with E-state index in [-0.39, 0.29) is 15.9 Å². The predicted molar refractivity (Wildman–Crippen MR) is 119 cm³/mol. The van der Waals surface area contributed by atoms with Gasteiger partial charge in [0.2, 0.25) is 10.0 Å². The maximum absolute atomic E-state index is 12.6. The number of aryl methyl sites for hydroxylation is 1. The van der Waals surface area contributed by atoms with Crippen LogP contribution in [-0.4, -0.2) is 50.0 Å². The Morgan fingerprint density at radius 3 is 2.41 bits per heavy atom. The number of amides is 1. The highest BCUT2D eigenvalue weighted by molar-refractivity contribution is 9.10. The van der Waals surface area contributed by atoms with Crippen LogP contribution in [0.2, 0.25) is 0 Å². The molecule has 29 heavy (non-hydrogen) atoms. The number of rotatable bonds is 4. The lowest BCUT2D eigenvalue weighted by Crippen LogP contribution is -2.40. The monoisotopic (exact) mass is 497 g/mol. The number of halogens is 1. The molecule has 2 N–H and O–H groups in total. The average Bonchev–Trinajstić information content (AvgIpc) is 2.71. The average molecular weight is 498 g/mol. The van der Waals surface area contributed by atoms with Crippen molar-refractivity contribution in [3.05, 3.63) is 58.1 Å². The number of ether oxygens (including phenoxy) is 1. The molecule has 1 amide bonds. The van der Waals surface area contributed by atoms with E-state index in [2.05, 4.69) is 26.6 Å². The van der Waals surface area contributed by atoms with Crippen LogP contribution in [0.15, 0.2) is 51.8 Å². The highest BCUT2D eigenvalue weighted by atomic mass is 79.9. The smallest absolute Gasteiger partial charge is 0.257 e. The van der Waals surface area contributed by atoms with Crippen molar-refractivity contribution in [2.45, 2.75) is 11.8 Å². The summed E-state index contributed by atoms with van der Waals surface area (Å²) >= 11 is 8.58. The molecule has 0 bridgehead atoms. The van der Waals surface area contributed by atoms with Crippen molar-refractivity contribution in [3.8, 4) is 0 Å². The van der Waals surface area contributed by atoms with Crippen LogP contribution < -0.4 is 10.6 Å². The van der Waals surface area contributed by atoms with Crippen LogP contribution in [-0.2, 0) is 14.8 Å². The van der Waals surface area contributed by atoms with Gasteiger partial charge in [0.1, 0.15) is 0 Å². The first-order valence-electron chi connectivity index (χ1n) is 8.84. The van der Waals surface area contributed by atoms with Crippen LogP contribution in [0.5, 0.6) is 0 Å². The molecule has 7 nitrogen and oxygen atoms in total. The second-order valence-corrected chi connectivity index (χ2v) is 9.61. The highest BCUT2D eigenvalue weighted by Gasteiger charge is 2.26. The van der Waals surface area contributed by atoms with Crippen molar-refractivity contribution in [2.24, 2.45) is 0 Å². The topological polar surface area (TPSA) is 87.7 Å². The van der Waals surface area contributed by atoms with Gasteiger partial charge in [-0.05, 0) is 61.1 Å². The highest BCUT2D eigenvalue weighted by Crippen LogP contribution is 2.20. The molecule has 10 heteroatoms. The second kappa shape index (κ2) is 9.31. The molecule has 0 radical (unpaired) electrons. The zero-order chi connectivity index (χ0) is 21.0. The first-order chi connectivity index (χ1) is 13.8. The minimum Gasteiger partial charge on any atom is -0.379 e. The molecule has 1 fully saturated rings. The van der Waals surface area contributed by atoms with E-state index < -0.39 is 10.0 Å². The number of nitrogens with one attached hydrogen (secondary N) is 2. The van der Waals surface area contributed by atoms with Crippen molar-refractivity contribution in [3.63, 3.8) is 0 Å². The third kappa shape index (κ3) is 5.40. The van der Waals surface area contributed by atoms with Gasteiger partial charge in [-0.15, -0.1) is 0 Å². The van der Waals surface area contributed by atoms with Gasteiger partial charge in [0.25, 0.3) is 5.91 Å². The van der Waals surface area contributed by atoms with Gasteiger partial charge in [-0.2, -0.15) is 4.31 Å². The summed E-state index contributed by atoms with van der Waals surface area (Å²) in [7, 11) is -3.55. The Labute approximate surface area is 183 Å². The molecule has 0 atom stereocenters. The molecular weight excluding hydrogens is 478 g/mol. The predicted octanol–water partition coefficient (Wildman–Crippen LogP) is 2.91. The zero-order valence-corrected chi connectivity index (χ0v) is 18.9. The van der Waals surface area contributed by atoms with Crippen LogP contribution in [0.1, 0.15) is 15.9 Å². The van der Waals surface area contributed by atoms with Gasteiger partial charge in [-0.1, -0.05) is 22.0 Å². The number of carbonyl (C=O) groups excluding carboxylic acids is 1. The number of hydrogen-bond acceptors (Lipinski definition) is 5. The van der Waals surface area contributed by atoms with Crippen molar-refractivity contribution in [1.82, 2.24) is 9.62 Å². The summed E-state index contributed by atoms with van der Waals surface area (Å²) < 4.78 is 32.7. The Hall–Kier alpha value is -1.85. The van der Waals surface area contributed by atoms with Crippen LogP contribution in [0.3, 0.4) is 0 Å². The molecular formula is C19H20BrN3O4S2. The van der Waals surface area contributed by atoms with Crippen molar-refractivity contribution < 1.29 is 17.9 Å². The lowest BCUT2D eigenvalue weighted by molar-refractivity contribution is 0.0730. The standard InChI is InChI=1S/C19H20BrN3O4S2/c1-13-2-3-14(12-17(13)20)18(24)22-19(28)21-15-4-6-16(7-5-15)29(25,26)23-8-10-27-11-9-23/h2-7,12H,8-11H2,1H3,(H2,21,22,24,28). The Kier molecular flexibility index (Phi) is 7.01. The van der Waals surface area contributed by atoms with E-state index in [1.807, 2.05) is 13.0 Å². The number of hydrogen-bond donors (Lipinski definition) is 2. The summed E-state index contributed by atoms with van der Waals surface area (Å²) in [4.78, 5) is 12.5. The summed E-state index contributed by atoms with van der Waals surface area (Å²) in [5.74, 6) is -0.338. The maximum atomic E-state index is 12.6. The van der Waals surface area contributed by atoms with Crippen LogP contribution in [0.25, 0.3) is 0 Å². The van der Waals surface area contributed by atoms with Gasteiger partial charge < -0.3 is 10.1 Å². The van der Waals surface area contributed by atoms with E-state index in [0.717, 1.165) is 10.0 Å². The van der Waals surface area contributed by atoms with Crippen LogP contribution in [0, 0.1) is 6.92 Å². The number of anilines is 1. The van der Waals surface area contributed by atoms with Gasteiger partial charge in [0.05, 0.1) is 18.1 Å². The molecule has 0 saturated carbocycles. The number of nitrogens with zero attached hydrogens (tertiary/aromatic N) is 1. The van der Waals surface area contributed by atoms with Crippen LogP contribution >= 0.6 is 28.1 Å². The number of morpholine rings is 1. The lowest BCUT2D eigenvalue weighted by atomic mass is 10.1. The third-order valence-electron chi connectivity index (χ3n) is 4.38. The summed E-state index contributed by atoms with van der Waals surface area (Å²) in [6.07, 6.45) is 0. The van der Waals surface area contributed by atoms with E-state index in [9.17, 15) is 13.2 Å². The van der Waals surface area contributed by atoms with E-state index in [4.69, 9.17) is 17.0 Å². The Balaban J connectivity index is 1.62. The number of thiocarbonyl (C=S) groups is 1. The lowest BCUT2D eigenvalue weighted by Gasteiger charge is -2.26. The zero-order valence-electron chi connectivity index (χ0n) is 15.6. The Morgan fingerprint density at radius 2 is 1.79 bits per heavy atom. The van der Waals surface area contributed by atoms with Crippen molar-refractivity contribution in [1.29, 1.82) is 0 Å². The van der Waals surface area contributed by atoms with E-state index in [1.54, 1.807) is 24.3 Å². The van der Waals surface area contributed by atoms with Crippen molar-refractivity contribution >= 4 is 54.9 Å². The minimum absolute atomic E-state index is 0.121. The summed E-state index contributed by atoms with van der Waals surface area (Å²) in [5.41, 5.74) is 2.06. The summed E-state index contributed by atoms with van der Waals surface area (Å²) in [6, 6.07) is 11.5. The number of sulfonamides is 1. The summed E-state index contributed by atoms with van der Waals surface area (Å²) in [6.45, 7) is 3.40. The second-order valence-electron chi connectivity index (χ2n) is 6.41. The maximum Gasteiger partial charge on any atom is 0.257 e. The number of benzene rings is 2. The van der Waals surface area contributed by atoms with Gasteiger partial charge in [-0.3, -0.25) is 10.1 Å². The largest absolute Gasteiger partial charge is 0.379 e. The molecule has 0 unspecified atom stereocenters. The van der Waals surface area contributed by atoms with Crippen LogP contribution in [0.4, 0.5) is 5.69 Å². The molecule has 2 aromatic carbocycles. The SMILES string of the molecule is Cc1ccc(C(=O)NC(=S)Nc2ccc(S(=O)(=O)N3CCOCC3)cc2)cc1Br. The molecule has 0 aromatic heterocycles. The molecule has 1 aliphatic heterocycles. The molecule has 2 aromatic rings. The first-order valence-corrected chi connectivity index (χ1v) is 11.5. The van der Waals surface area contributed by atoms with Gasteiger partial charge in [0, 0.05) is 28.8 Å². The summed E-state index contributed by atoms with van der Waals surface area (Å²) in [5, 5.41) is 5.62. The molecule has 1 heterocycles. The third-order valence-corrected chi connectivity index (χ3v) is 7.35. The quantitative estimate of drug-likeness (QED) is 0.631. The van der Waals surface area contributed by atoms with Gasteiger partial charge in [0.15, 0.2) is 5.11 Å². The Morgan fingerprint density at radius 1 is 1.14 bits per heavy atom. The number of carbonyl (C=O) groups is 1. The molecule has 154 valence electrons. The molecule has 0 spiro atoms.